The highest BCUT2D eigenvalue weighted by molar-refractivity contribution is 7.26. The highest BCUT2D eigenvalue weighted by Crippen LogP contribution is 2.50. The first-order valence-electron chi connectivity index (χ1n) is 21.1. The fraction of sp³-hybridized carbons (Fsp3) is 0. The molecule has 3 aromatic heterocycles. The van der Waals surface area contributed by atoms with Gasteiger partial charge in [-0.25, -0.2) is 0 Å². The van der Waals surface area contributed by atoms with Crippen LogP contribution in [0.15, 0.2) is 223 Å². The van der Waals surface area contributed by atoms with Gasteiger partial charge in [0.05, 0.1) is 22.4 Å². The summed E-state index contributed by atoms with van der Waals surface area (Å²) in [4.78, 5) is 2.45. The van der Waals surface area contributed by atoms with Gasteiger partial charge in [0, 0.05) is 69.8 Å². The lowest BCUT2D eigenvalue weighted by Crippen LogP contribution is -2.10. The largest absolute Gasteiger partial charge is 0.455 e. The Labute approximate surface area is 361 Å². The Morgan fingerprint density at radius 1 is 0.419 bits per heavy atom. The molecule has 0 N–H and O–H groups in total. The van der Waals surface area contributed by atoms with Gasteiger partial charge in [0.15, 0.2) is 0 Å². The van der Waals surface area contributed by atoms with Gasteiger partial charge in [-0.1, -0.05) is 158 Å². The molecule has 0 saturated heterocycles. The standard InChI is InChI=1S/C58H36N2OS/c1-2-15-39-36-41(33-28-37(39)14-1)59(40-31-29-38(30-32-40)42-21-13-22-47-46-19-6-11-26-54(46)61-57(42)47)53-35-34-48(58-56(53)49-20-7-12-27-55(49)62-58)45-18-5-10-25-52(45)60-50-23-8-3-16-43(50)44-17-4-9-24-51(44)60/h1-36H. The van der Waals surface area contributed by atoms with Crippen LogP contribution < -0.4 is 4.90 Å². The molecule has 0 fully saturated rings. The third kappa shape index (κ3) is 5.30. The highest BCUT2D eigenvalue weighted by atomic mass is 32.1. The van der Waals surface area contributed by atoms with Gasteiger partial charge in [0.1, 0.15) is 11.2 Å². The summed E-state index contributed by atoms with van der Waals surface area (Å²) in [7, 11) is 0. The molecule has 3 heterocycles. The number of para-hydroxylation sites is 5. The molecule has 0 spiro atoms. The van der Waals surface area contributed by atoms with E-state index < -0.39 is 0 Å². The Morgan fingerprint density at radius 2 is 1.05 bits per heavy atom. The maximum Gasteiger partial charge on any atom is 0.143 e. The Balaban J connectivity index is 1.04. The van der Waals surface area contributed by atoms with Crippen LogP contribution in [0.5, 0.6) is 0 Å². The fourth-order valence-corrected chi connectivity index (χ4v) is 11.0. The first-order valence-corrected chi connectivity index (χ1v) is 21.9. The number of benzene rings is 10. The number of hydrogen-bond donors (Lipinski definition) is 0. The molecule has 0 bridgehead atoms. The SMILES string of the molecule is c1ccc(-n2c3ccccc3c3ccccc32)c(-c2ccc(N(c3ccc(-c4cccc5c4oc4ccccc45)cc3)c3ccc4ccccc4c3)c3c2sc2ccccc23)c1. The second kappa shape index (κ2) is 13.8. The van der Waals surface area contributed by atoms with Crippen LogP contribution >= 0.6 is 11.3 Å². The number of hydrogen-bond acceptors (Lipinski definition) is 3. The summed E-state index contributed by atoms with van der Waals surface area (Å²) in [6.45, 7) is 0. The van der Waals surface area contributed by atoms with Gasteiger partial charge in [0.25, 0.3) is 0 Å². The molecule has 4 heteroatoms. The van der Waals surface area contributed by atoms with E-state index in [-0.39, 0.29) is 0 Å². The smallest absolute Gasteiger partial charge is 0.143 e. The minimum atomic E-state index is 0.905. The summed E-state index contributed by atoms with van der Waals surface area (Å²) in [6.07, 6.45) is 0. The molecule has 13 rings (SSSR count). The van der Waals surface area contributed by atoms with Crippen molar-refractivity contribution in [3.8, 4) is 27.9 Å². The highest BCUT2D eigenvalue weighted by Gasteiger charge is 2.24. The average Bonchev–Trinajstić information content (AvgIpc) is 4.02. The van der Waals surface area contributed by atoms with Gasteiger partial charge in [-0.2, -0.15) is 0 Å². The molecular weight excluding hydrogens is 773 g/mol. The van der Waals surface area contributed by atoms with E-state index >= 15 is 0 Å². The number of anilines is 3. The molecule has 0 atom stereocenters. The van der Waals surface area contributed by atoms with Crippen LogP contribution in [0.3, 0.4) is 0 Å². The summed E-state index contributed by atoms with van der Waals surface area (Å²) in [5.41, 5.74) is 13.3. The van der Waals surface area contributed by atoms with E-state index in [9.17, 15) is 0 Å². The van der Waals surface area contributed by atoms with Crippen molar-refractivity contribution >= 4 is 103 Å². The molecule has 0 aliphatic heterocycles. The molecule has 0 aliphatic rings. The zero-order valence-corrected chi connectivity index (χ0v) is 34.3. The lowest BCUT2D eigenvalue weighted by molar-refractivity contribution is 0.670. The van der Waals surface area contributed by atoms with Crippen molar-refractivity contribution in [1.82, 2.24) is 4.57 Å². The van der Waals surface area contributed by atoms with Gasteiger partial charge in [0.2, 0.25) is 0 Å². The molecule has 13 aromatic rings. The average molecular weight is 809 g/mol. The summed E-state index contributed by atoms with van der Waals surface area (Å²) in [5, 5.41) is 9.68. The van der Waals surface area contributed by atoms with Crippen LogP contribution in [0.25, 0.3) is 103 Å². The monoisotopic (exact) mass is 808 g/mol. The molecule has 62 heavy (non-hydrogen) atoms. The third-order valence-electron chi connectivity index (χ3n) is 12.6. The number of furan rings is 1. The molecule has 0 amide bonds. The van der Waals surface area contributed by atoms with Crippen molar-refractivity contribution in [3.63, 3.8) is 0 Å². The molecule has 3 nitrogen and oxygen atoms in total. The Morgan fingerprint density at radius 3 is 1.87 bits per heavy atom. The van der Waals surface area contributed by atoms with Crippen molar-refractivity contribution in [2.75, 3.05) is 4.90 Å². The van der Waals surface area contributed by atoms with Gasteiger partial charge < -0.3 is 13.9 Å². The van der Waals surface area contributed by atoms with Crippen LogP contribution in [-0.2, 0) is 0 Å². The maximum atomic E-state index is 6.49. The fourth-order valence-electron chi connectivity index (χ4n) is 9.80. The van der Waals surface area contributed by atoms with Crippen molar-refractivity contribution in [1.29, 1.82) is 0 Å². The zero-order valence-electron chi connectivity index (χ0n) is 33.5. The third-order valence-corrected chi connectivity index (χ3v) is 13.8. The predicted octanol–water partition coefficient (Wildman–Crippen LogP) is 17.0. The van der Waals surface area contributed by atoms with Crippen LogP contribution in [0.1, 0.15) is 0 Å². The van der Waals surface area contributed by atoms with Gasteiger partial charge in [-0.15, -0.1) is 11.3 Å². The van der Waals surface area contributed by atoms with Crippen LogP contribution in [0, 0.1) is 0 Å². The minimum absolute atomic E-state index is 0.905. The van der Waals surface area contributed by atoms with Gasteiger partial charge >= 0.3 is 0 Å². The number of nitrogens with zero attached hydrogens (tertiary/aromatic N) is 2. The maximum absolute atomic E-state index is 6.49. The molecule has 10 aromatic carbocycles. The topological polar surface area (TPSA) is 21.3 Å². The minimum Gasteiger partial charge on any atom is -0.455 e. The number of rotatable bonds is 6. The Bertz CT molecular complexity index is 3830. The Kier molecular flexibility index (Phi) is 7.78. The van der Waals surface area contributed by atoms with Crippen molar-refractivity contribution in [2.24, 2.45) is 0 Å². The van der Waals surface area contributed by atoms with Gasteiger partial charge in [-0.05, 0) is 77.0 Å². The number of fused-ring (bicyclic) bond motifs is 10. The molecule has 0 unspecified atom stereocenters. The van der Waals surface area contributed by atoms with E-state index in [4.69, 9.17) is 4.42 Å². The van der Waals surface area contributed by atoms with Crippen LogP contribution in [-0.4, -0.2) is 4.57 Å². The molecule has 290 valence electrons. The van der Waals surface area contributed by atoms with E-state index in [1.54, 1.807) is 0 Å². The first kappa shape index (κ1) is 34.9. The summed E-state index contributed by atoms with van der Waals surface area (Å²) in [6, 6.07) is 79.2. The molecule has 0 saturated carbocycles. The summed E-state index contributed by atoms with van der Waals surface area (Å²) >= 11 is 1.88. The van der Waals surface area contributed by atoms with Gasteiger partial charge in [-0.3, -0.25) is 0 Å². The van der Waals surface area contributed by atoms with E-state index in [1.165, 1.54) is 63.9 Å². The van der Waals surface area contributed by atoms with Crippen molar-refractivity contribution in [3.05, 3.63) is 218 Å². The van der Waals surface area contributed by atoms with E-state index in [2.05, 4.69) is 216 Å². The van der Waals surface area contributed by atoms with E-state index in [0.29, 0.717) is 0 Å². The second-order valence-corrected chi connectivity index (χ2v) is 17.1. The lowest BCUT2D eigenvalue weighted by atomic mass is 9.98. The summed E-state index contributed by atoms with van der Waals surface area (Å²) < 4.78 is 11.5. The molecule has 0 aliphatic carbocycles. The van der Waals surface area contributed by atoms with Crippen LogP contribution in [0.4, 0.5) is 17.1 Å². The lowest BCUT2D eigenvalue weighted by Gasteiger charge is -2.28. The number of aromatic nitrogens is 1. The quantitative estimate of drug-likeness (QED) is 0.167. The summed E-state index contributed by atoms with van der Waals surface area (Å²) in [5.74, 6) is 0. The van der Waals surface area contributed by atoms with E-state index in [1.807, 2.05) is 23.5 Å². The number of thiophene rings is 1. The molecular formula is C58H36N2OS. The Hall–Kier alpha value is -7.92. The second-order valence-electron chi connectivity index (χ2n) is 16.0. The van der Waals surface area contributed by atoms with E-state index in [0.717, 1.165) is 55.8 Å². The van der Waals surface area contributed by atoms with Crippen molar-refractivity contribution in [2.45, 2.75) is 0 Å². The zero-order chi connectivity index (χ0) is 40.7. The molecule has 0 radical (unpaired) electrons. The van der Waals surface area contributed by atoms with Crippen molar-refractivity contribution < 1.29 is 4.42 Å². The first-order chi connectivity index (χ1) is 30.8. The normalized spacial score (nSPS) is 11.9. The predicted molar refractivity (Wildman–Crippen MR) is 264 cm³/mol. The van der Waals surface area contributed by atoms with Crippen LogP contribution in [0.2, 0.25) is 0 Å².